The first kappa shape index (κ1) is 13.9. The molecule has 3 nitrogen and oxygen atoms in total. The molecule has 2 aromatic rings. The maximum atomic E-state index is 12.5. The highest BCUT2D eigenvalue weighted by Gasteiger charge is 2.35. The van der Waals surface area contributed by atoms with Crippen molar-refractivity contribution in [1.82, 2.24) is 9.97 Å². The highest BCUT2D eigenvalue weighted by Crippen LogP contribution is 2.30. The average Bonchev–Trinajstić information content (AvgIpc) is 2.30. The summed E-state index contributed by atoms with van der Waals surface area (Å²) in [6, 6.07) is 7.14. The molecule has 0 saturated heterocycles. The Morgan fingerprint density at radius 3 is 2.21 bits per heavy atom. The molecule has 0 aliphatic heterocycles. The third kappa shape index (κ3) is 3.71. The molecule has 0 saturated carbocycles. The topological polar surface area (TPSA) is 35.0 Å². The number of benzene rings is 1. The summed E-state index contributed by atoms with van der Waals surface area (Å²) in [5.41, 5.74) is 0. The smallest absolute Gasteiger partial charge is 0.439 e. The molecule has 1 heterocycles. The minimum absolute atomic E-state index is 0.285. The van der Waals surface area contributed by atoms with Crippen LogP contribution in [0.1, 0.15) is 5.82 Å². The van der Waals surface area contributed by atoms with Crippen LogP contribution in [0.15, 0.2) is 30.3 Å². The standard InChI is InChI=1S/C11H5Cl2F3N2O/c12-6-1-3-7(4-2-6)19-9-5-8(13)17-10(18-9)11(14,15)16/h1-5H. The summed E-state index contributed by atoms with van der Waals surface area (Å²) in [5.74, 6) is -1.37. The third-order valence-corrected chi connectivity index (χ3v) is 2.41. The lowest BCUT2D eigenvalue weighted by Gasteiger charge is -2.08. The van der Waals surface area contributed by atoms with E-state index in [0.717, 1.165) is 6.07 Å². The molecule has 0 aliphatic carbocycles. The SMILES string of the molecule is FC(F)(F)c1nc(Cl)cc(Oc2ccc(Cl)cc2)n1. The van der Waals surface area contributed by atoms with E-state index in [-0.39, 0.29) is 16.8 Å². The summed E-state index contributed by atoms with van der Waals surface area (Å²) in [7, 11) is 0. The third-order valence-electron chi connectivity index (χ3n) is 1.96. The molecule has 0 fully saturated rings. The second kappa shape index (κ2) is 5.22. The Bertz CT molecular complexity index is 587. The molecule has 0 atom stereocenters. The Morgan fingerprint density at radius 1 is 1.00 bits per heavy atom. The van der Waals surface area contributed by atoms with Crippen LogP contribution in [0.3, 0.4) is 0 Å². The Kier molecular flexibility index (Phi) is 3.82. The molecule has 2 rings (SSSR count). The van der Waals surface area contributed by atoms with Crippen molar-refractivity contribution in [3.05, 3.63) is 46.3 Å². The van der Waals surface area contributed by atoms with Crippen LogP contribution in [-0.4, -0.2) is 9.97 Å². The van der Waals surface area contributed by atoms with Crippen LogP contribution in [0.5, 0.6) is 11.6 Å². The van der Waals surface area contributed by atoms with Gasteiger partial charge in [0.15, 0.2) is 0 Å². The summed E-state index contributed by atoms with van der Waals surface area (Å²) in [5, 5.41) is 0.121. The summed E-state index contributed by atoms with van der Waals surface area (Å²) >= 11 is 11.2. The Labute approximate surface area is 116 Å². The van der Waals surface area contributed by atoms with Crippen molar-refractivity contribution < 1.29 is 17.9 Å². The zero-order valence-corrected chi connectivity index (χ0v) is 10.6. The Balaban J connectivity index is 2.30. The van der Waals surface area contributed by atoms with Crippen LogP contribution in [0, 0.1) is 0 Å². The number of hydrogen-bond donors (Lipinski definition) is 0. The molecule has 19 heavy (non-hydrogen) atoms. The number of alkyl halides is 3. The van der Waals surface area contributed by atoms with Crippen LogP contribution in [-0.2, 0) is 6.18 Å². The van der Waals surface area contributed by atoms with Crippen molar-refractivity contribution in [3.8, 4) is 11.6 Å². The van der Waals surface area contributed by atoms with Crippen molar-refractivity contribution >= 4 is 23.2 Å². The molecule has 0 amide bonds. The van der Waals surface area contributed by atoms with E-state index < -0.39 is 12.0 Å². The number of rotatable bonds is 2. The molecule has 0 radical (unpaired) electrons. The van der Waals surface area contributed by atoms with Gasteiger partial charge in [-0.15, -0.1) is 0 Å². The largest absolute Gasteiger partial charge is 0.451 e. The van der Waals surface area contributed by atoms with Gasteiger partial charge in [0.2, 0.25) is 11.7 Å². The first-order valence-electron chi connectivity index (χ1n) is 4.90. The summed E-state index contributed by atoms with van der Waals surface area (Å²) in [6.45, 7) is 0. The second-order valence-corrected chi connectivity index (χ2v) is 4.23. The van der Waals surface area contributed by atoms with Gasteiger partial charge in [0.1, 0.15) is 10.9 Å². The van der Waals surface area contributed by atoms with Crippen LogP contribution >= 0.6 is 23.2 Å². The molecule has 0 N–H and O–H groups in total. The van der Waals surface area contributed by atoms with Crippen LogP contribution < -0.4 is 4.74 Å². The monoisotopic (exact) mass is 308 g/mol. The number of halogens is 5. The van der Waals surface area contributed by atoms with E-state index in [1.165, 1.54) is 24.3 Å². The summed E-state index contributed by atoms with van der Waals surface area (Å²) < 4.78 is 42.6. The van der Waals surface area contributed by atoms with Crippen molar-refractivity contribution in [1.29, 1.82) is 0 Å². The molecule has 1 aromatic carbocycles. The fourth-order valence-corrected chi connectivity index (χ4v) is 1.50. The normalized spacial score (nSPS) is 11.4. The van der Waals surface area contributed by atoms with Crippen LogP contribution in [0.25, 0.3) is 0 Å². The molecule has 8 heteroatoms. The van der Waals surface area contributed by atoms with Crippen molar-refractivity contribution in [3.63, 3.8) is 0 Å². The highest BCUT2D eigenvalue weighted by molar-refractivity contribution is 6.30. The lowest BCUT2D eigenvalue weighted by atomic mass is 10.3. The summed E-state index contributed by atoms with van der Waals surface area (Å²) in [4.78, 5) is 6.34. The summed E-state index contributed by atoms with van der Waals surface area (Å²) in [6.07, 6.45) is -4.69. The van der Waals surface area contributed by atoms with Gasteiger partial charge < -0.3 is 4.74 Å². The van der Waals surface area contributed by atoms with Gasteiger partial charge in [0.05, 0.1) is 0 Å². The fourth-order valence-electron chi connectivity index (χ4n) is 1.20. The Hall–Kier alpha value is -1.53. The first-order valence-corrected chi connectivity index (χ1v) is 5.65. The second-order valence-electron chi connectivity index (χ2n) is 3.41. The van der Waals surface area contributed by atoms with Gasteiger partial charge in [-0.3, -0.25) is 0 Å². The fraction of sp³-hybridized carbons (Fsp3) is 0.0909. The molecular weight excluding hydrogens is 304 g/mol. The van der Waals surface area contributed by atoms with Gasteiger partial charge in [-0.05, 0) is 24.3 Å². The van der Waals surface area contributed by atoms with Crippen molar-refractivity contribution in [2.45, 2.75) is 6.18 Å². The molecular formula is C11H5Cl2F3N2O. The van der Waals surface area contributed by atoms with E-state index in [0.29, 0.717) is 5.02 Å². The van der Waals surface area contributed by atoms with Gasteiger partial charge in [0.25, 0.3) is 0 Å². The lowest BCUT2D eigenvalue weighted by molar-refractivity contribution is -0.145. The molecule has 0 unspecified atom stereocenters. The van der Waals surface area contributed by atoms with Crippen LogP contribution in [0.2, 0.25) is 10.2 Å². The average molecular weight is 309 g/mol. The van der Waals surface area contributed by atoms with Gasteiger partial charge in [-0.25, -0.2) is 4.98 Å². The van der Waals surface area contributed by atoms with Gasteiger partial charge in [-0.2, -0.15) is 18.2 Å². The first-order chi connectivity index (χ1) is 8.84. The van der Waals surface area contributed by atoms with Crippen molar-refractivity contribution in [2.75, 3.05) is 0 Å². The van der Waals surface area contributed by atoms with Crippen LogP contribution in [0.4, 0.5) is 13.2 Å². The van der Waals surface area contributed by atoms with Gasteiger partial charge in [0, 0.05) is 11.1 Å². The number of ether oxygens (including phenoxy) is 1. The number of hydrogen-bond acceptors (Lipinski definition) is 3. The molecule has 1 aromatic heterocycles. The number of nitrogens with zero attached hydrogens (tertiary/aromatic N) is 2. The van der Waals surface area contributed by atoms with Crippen molar-refractivity contribution in [2.24, 2.45) is 0 Å². The Morgan fingerprint density at radius 2 is 1.63 bits per heavy atom. The maximum Gasteiger partial charge on any atom is 0.451 e. The molecule has 0 bridgehead atoms. The van der Waals surface area contributed by atoms with E-state index in [1.807, 2.05) is 0 Å². The van der Waals surface area contributed by atoms with E-state index in [1.54, 1.807) is 0 Å². The van der Waals surface area contributed by atoms with Gasteiger partial charge in [-0.1, -0.05) is 23.2 Å². The molecule has 0 aliphatic rings. The minimum atomic E-state index is -4.69. The predicted molar refractivity (Wildman–Crippen MR) is 63.6 cm³/mol. The van der Waals surface area contributed by atoms with Gasteiger partial charge >= 0.3 is 6.18 Å². The van der Waals surface area contributed by atoms with E-state index >= 15 is 0 Å². The molecule has 100 valence electrons. The molecule has 0 spiro atoms. The zero-order chi connectivity index (χ0) is 14.0. The van der Waals surface area contributed by atoms with E-state index in [2.05, 4.69) is 9.97 Å². The van der Waals surface area contributed by atoms with E-state index in [9.17, 15) is 13.2 Å². The zero-order valence-electron chi connectivity index (χ0n) is 9.08. The number of aromatic nitrogens is 2. The quantitative estimate of drug-likeness (QED) is 0.761. The van der Waals surface area contributed by atoms with E-state index in [4.69, 9.17) is 27.9 Å². The lowest BCUT2D eigenvalue weighted by Crippen LogP contribution is -2.11. The highest BCUT2D eigenvalue weighted by atomic mass is 35.5. The minimum Gasteiger partial charge on any atom is -0.439 e. The predicted octanol–water partition coefficient (Wildman–Crippen LogP) is 4.59. The maximum absolute atomic E-state index is 12.5.